The highest BCUT2D eigenvalue weighted by molar-refractivity contribution is 6.09. The van der Waals surface area contributed by atoms with Crippen LogP contribution in [0.1, 0.15) is 13.8 Å². The fraction of sp³-hybridized carbons (Fsp3) is 0.556. The van der Waals surface area contributed by atoms with Gasteiger partial charge in [0.05, 0.1) is 6.07 Å². The third kappa shape index (κ3) is 1.56. The first-order valence-corrected chi connectivity index (χ1v) is 4.39. The van der Waals surface area contributed by atoms with Crippen LogP contribution in [0, 0.1) is 28.6 Å². The molecule has 6 heteroatoms. The molecular weight excluding hydrogens is 196 g/mol. The molecule has 1 heterocycles. The maximum absolute atomic E-state index is 11.4. The van der Waals surface area contributed by atoms with Crippen molar-refractivity contribution in [3.8, 4) is 6.07 Å². The number of rotatable bonds is 1. The lowest BCUT2D eigenvalue weighted by Gasteiger charge is -2.36. The fourth-order valence-electron chi connectivity index (χ4n) is 1.86. The van der Waals surface area contributed by atoms with E-state index in [1.165, 1.54) is 0 Å². The predicted molar refractivity (Wildman–Crippen MR) is 52.2 cm³/mol. The summed E-state index contributed by atoms with van der Waals surface area (Å²) in [5.74, 6) is -3.25. The number of amidine groups is 1. The average molecular weight is 208 g/mol. The second kappa shape index (κ2) is 3.35. The molecule has 0 saturated heterocycles. The molecule has 0 aromatic heterocycles. The van der Waals surface area contributed by atoms with Gasteiger partial charge < -0.3 is 11.5 Å². The lowest BCUT2D eigenvalue weighted by molar-refractivity contribution is -0.129. The number of carbonyl (C=O) groups excluding carboxylic acids is 2. The van der Waals surface area contributed by atoms with E-state index in [-0.39, 0.29) is 5.84 Å². The van der Waals surface area contributed by atoms with Gasteiger partial charge in [-0.05, 0) is 0 Å². The van der Waals surface area contributed by atoms with Crippen molar-refractivity contribution < 1.29 is 9.59 Å². The van der Waals surface area contributed by atoms with E-state index < -0.39 is 29.1 Å². The summed E-state index contributed by atoms with van der Waals surface area (Å²) in [4.78, 5) is 26.0. The van der Waals surface area contributed by atoms with Crippen LogP contribution in [0.5, 0.6) is 0 Å². The topological polar surface area (TPSA) is 122 Å². The van der Waals surface area contributed by atoms with Crippen LogP contribution in [-0.4, -0.2) is 17.6 Å². The van der Waals surface area contributed by atoms with Gasteiger partial charge in [0, 0.05) is 5.41 Å². The highest BCUT2D eigenvalue weighted by Crippen LogP contribution is 2.38. The summed E-state index contributed by atoms with van der Waals surface area (Å²) in [6, 6.07) is 1.83. The number of hydrogen-bond donors (Lipinski definition) is 2. The molecule has 0 saturated carbocycles. The van der Waals surface area contributed by atoms with Gasteiger partial charge in [-0.15, -0.1) is 0 Å². The second-order valence-corrected chi connectivity index (χ2v) is 4.09. The van der Waals surface area contributed by atoms with Crippen LogP contribution in [0.4, 0.5) is 0 Å². The third-order valence-corrected chi connectivity index (χ3v) is 2.68. The van der Waals surface area contributed by atoms with Gasteiger partial charge in [0.15, 0.2) is 0 Å². The van der Waals surface area contributed by atoms with E-state index in [0.29, 0.717) is 0 Å². The van der Waals surface area contributed by atoms with Crippen LogP contribution < -0.4 is 11.5 Å². The third-order valence-electron chi connectivity index (χ3n) is 2.68. The molecule has 1 aliphatic rings. The molecule has 0 unspecified atom stereocenters. The molecule has 0 bridgehead atoms. The standard InChI is InChI=1S/C9H12N4O2/c1-9(2)4(3-10)8(15)13-6(11)5(9)7(12)14/h4-5H,1-2H3,(H2,12,14)(H2,11,13,15)/t4-,5+/m1/s1. The molecule has 80 valence electrons. The normalized spacial score (nSPS) is 29.1. The molecule has 0 aromatic carbocycles. The summed E-state index contributed by atoms with van der Waals surface area (Å²) in [5, 5.41) is 8.85. The van der Waals surface area contributed by atoms with Gasteiger partial charge in [-0.3, -0.25) is 9.59 Å². The maximum Gasteiger partial charge on any atom is 0.265 e. The number of aliphatic imine (C=N–C) groups is 1. The average Bonchev–Trinajstić information content (AvgIpc) is 2.00. The van der Waals surface area contributed by atoms with Crippen molar-refractivity contribution in [2.24, 2.45) is 33.7 Å². The van der Waals surface area contributed by atoms with Gasteiger partial charge >= 0.3 is 0 Å². The van der Waals surface area contributed by atoms with Crippen molar-refractivity contribution in [2.45, 2.75) is 13.8 Å². The first-order valence-electron chi connectivity index (χ1n) is 4.39. The Morgan fingerprint density at radius 2 is 2.13 bits per heavy atom. The number of nitrogens with zero attached hydrogens (tertiary/aromatic N) is 2. The second-order valence-electron chi connectivity index (χ2n) is 4.09. The van der Waals surface area contributed by atoms with Gasteiger partial charge in [0.25, 0.3) is 5.91 Å². The SMILES string of the molecule is CC1(C)[C@H](C(N)=O)C(N)=NC(=O)[C@H]1C#N. The highest BCUT2D eigenvalue weighted by atomic mass is 16.2. The van der Waals surface area contributed by atoms with Crippen molar-refractivity contribution in [3.63, 3.8) is 0 Å². The molecule has 0 spiro atoms. The van der Waals surface area contributed by atoms with E-state index >= 15 is 0 Å². The monoisotopic (exact) mass is 208 g/mol. The van der Waals surface area contributed by atoms with E-state index in [4.69, 9.17) is 16.7 Å². The molecule has 2 amide bonds. The summed E-state index contributed by atoms with van der Waals surface area (Å²) in [6.45, 7) is 3.21. The Morgan fingerprint density at radius 1 is 1.60 bits per heavy atom. The quantitative estimate of drug-likeness (QED) is 0.582. The van der Waals surface area contributed by atoms with Crippen LogP contribution in [-0.2, 0) is 9.59 Å². The first kappa shape index (κ1) is 11.2. The largest absolute Gasteiger partial charge is 0.386 e. The van der Waals surface area contributed by atoms with Crippen molar-refractivity contribution in [3.05, 3.63) is 0 Å². The Bertz CT molecular complexity index is 391. The fourth-order valence-corrected chi connectivity index (χ4v) is 1.86. The van der Waals surface area contributed by atoms with Crippen LogP contribution in [0.3, 0.4) is 0 Å². The summed E-state index contributed by atoms with van der Waals surface area (Å²) >= 11 is 0. The minimum absolute atomic E-state index is 0.107. The number of carbonyl (C=O) groups is 2. The zero-order valence-corrected chi connectivity index (χ0v) is 8.52. The lowest BCUT2D eigenvalue weighted by atomic mass is 9.67. The summed E-state index contributed by atoms with van der Waals surface area (Å²) < 4.78 is 0. The molecule has 2 atom stereocenters. The Morgan fingerprint density at radius 3 is 2.53 bits per heavy atom. The van der Waals surface area contributed by atoms with Crippen molar-refractivity contribution >= 4 is 17.6 Å². The molecule has 6 nitrogen and oxygen atoms in total. The van der Waals surface area contributed by atoms with Crippen molar-refractivity contribution in [1.29, 1.82) is 5.26 Å². The molecule has 15 heavy (non-hydrogen) atoms. The predicted octanol–water partition coefficient (Wildman–Crippen LogP) is -0.849. The summed E-state index contributed by atoms with van der Waals surface area (Å²) in [7, 11) is 0. The van der Waals surface area contributed by atoms with Crippen LogP contribution in [0.25, 0.3) is 0 Å². The minimum atomic E-state index is -0.984. The number of amides is 2. The van der Waals surface area contributed by atoms with Crippen LogP contribution in [0.2, 0.25) is 0 Å². The zero-order valence-electron chi connectivity index (χ0n) is 8.52. The molecule has 0 aliphatic carbocycles. The van der Waals surface area contributed by atoms with E-state index in [1.54, 1.807) is 13.8 Å². The Labute approximate surface area is 86.9 Å². The molecule has 1 aliphatic heterocycles. The van der Waals surface area contributed by atoms with Gasteiger partial charge in [-0.2, -0.15) is 10.3 Å². The summed E-state index contributed by atoms with van der Waals surface area (Å²) in [6.07, 6.45) is 0. The smallest absolute Gasteiger partial charge is 0.265 e. The van der Waals surface area contributed by atoms with Gasteiger partial charge in [0.1, 0.15) is 17.7 Å². The zero-order chi connectivity index (χ0) is 11.8. The molecule has 0 fully saturated rings. The number of hydrogen-bond acceptors (Lipinski definition) is 4. The molecule has 1 rings (SSSR count). The van der Waals surface area contributed by atoms with Crippen LogP contribution in [0.15, 0.2) is 4.99 Å². The number of primary amides is 1. The maximum atomic E-state index is 11.4. The van der Waals surface area contributed by atoms with Gasteiger partial charge in [-0.1, -0.05) is 13.8 Å². The van der Waals surface area contributed by atoms with E-state index in [2.05, 4.69) is 4.99 Å². The molecule has 0 aromatic rings. The summed E-state index contributed by atoms with van der Waals surface area (Å²) in [5.41, 5.74) is 9.74. The van der Waals surface area contributed by atoms with E-state index in [9.17, 15) is 9.59 Å². The van der Waals surface area contributed by atoms with Gasteiger partial charge in [0.2, 0.25) is 5.91 Å². The van der Waals surface area contributed by atoms with Crippen molar-refractivity contribution in [1.82, 2.24) is 0 Å². The molecular formula is C9H12N4O2. The number of nitrogens with two attached hydrogens (primary N) is 2. The highest BCUT2D eigenvalue weighted by Gasteiger charge is 2.49. The lowest BCUT2D eigenvalue weighted by Crippen LogP contribution is -2.52. The van der Waals surface area contributed by atoms with E-state index in [1.807, 2.05) is 6.07 Å². The number of nitriles is 1. The Balaban J connectivity index is 3.31. The molecule has 0 radical (unpaired) electrons. The van der Waals surface area contributed by atoms with Crippen molar-refractivity contribution in [2.75, 3.05) is 0 Å². The van der Waals surface area contributed by atoms with E-state index in [0.717, 1.165) is 0 Å². The molecule has 4 N–H and O–H groups in total. The van der Waals surface area contributed by atoms with Gasteiger partial charge in [-0.25, -0.2) is 0 Å². The van der Waals surface area contributed by atoms with Crippen LogP contribution >= 0.6 is 0 Å². The minimum Gasteiger partial charge on any atom is -0.386 e. The Kier molecular flexibility index (Phi) is 2.50. The first-order chi connectivity index (χ1) is 6.82. The Hall–Kier alpha value is -1.90.